The maximum atomic E-state index is 12.2. The van der Waals surface area contributed by atoms with Gasteiger partial charge in [-0.05, 0) is 31.2 Å². The molecule has 19 heavy (non-hydrogen) atoms. The van der Waals surface area contributed by atoms with Crippen LogP contribution in [0.25, 0.3) is 10.2 Å². The van der Waals surface area contributed by atoms with Crippen LogP contribution in [0.2, 0.25) is 0 Å². The normalized spacial score (nSPS) is 13.0. The van der Waals surface area contributed by atoms with E-state index in [2.05, 4.69) is 24.1 Å². The number of thiophene rings is 1. The van der Waals surface area contributed by atoms with Crippen molar-refractivity contribution < 1.29 is 0 Å². The van der Waals surface area contributed by atoms with E-state index < -0.39 is 0 Å². The van der Waals surface area contributed by atoms with Crippen molar-refractivity contribution in [2.45, 2.75) is 46.2 Å². The second kappa shape index (κ2) is 6.30. The van der Waals surface area contributed by atoms with E-state index in [-0.39, 0.29) is 5.56 Å². The van der Waals surface area contributed by atoms with Gasteiger partial charge >= 0.3 is 0 Å². The third-order valence-corrected chi connectivity index (χ3v) is 4.37. The summed E-state index contributed by atoms with van der Waals surface area (Å²) in [5, 5.41) is 5.42. The molecule has 0 aliphatic carbocycles. The Morgan fingerprint density at radius 2 is 2.32 bits per heavy atom. The topological polar surface area (TPSA) is 46.9 Å². The Morgan fingerprint density at radius 3 is 3.05 bits per heavy atom. The zero-order chi connectivity index (χ0) is 13.8. The largest absolute Gasteiger partial charge is 0.312 e. The fraction of sp³-hybridized carbons (Fsp3) is 0.571. The highest BCUT2D eigenvalue weighted by Crippen LogP contribution is 2.19. The van der Waals surface area contributed by atoms with Gasteiger partial charge in [-0.1, -0.05) is 13.3 Å². The van der Waals surface area contributed by atoms with E-state index in [0.717, 1.165) is 28.7 Å². The summed E-state index contributed by atoms with van der Waals surface area (Å²) in [5.41, 5.74) is 2.01. The molecular weight excluding hydrogens is 258 g/mol. The highest BCUT2D eigenvalue weighted by atomic mass is 32.1. The Morgan fingerprint density at radius 1 is 1.53 bits per heavy atom. The van der Waals surface area contributed by atoms with Crippen LogP contribution in [0.3, 0.4) is 0 Å². The van der Waals surface area contributed by atoms with Crippen molar-refractivity contribution >= 4 is 21.6 Å². The summed E-state index contributed by atoms with van der Waals surface area (Å²) in [5.74, 6) is 0. The van der Waals surface area contributed by atoms with Crippen LogP contribution >= 0.6 is 11.3 Å². The molecule has 1 N–H and O–H groups in total. The van der Waals surface area contributed by atoms with Crippen LogP contribution < -0.4 is 10.9 Å². The third kappa shape index (κ3) is 3.22. The monoisotopic (exact) mass is 279 g/mol. The maximum absolute atomic E-state index is 12.2. The number of nitrogens with zero attached hydrogens (tertiary/aromatic N) is 2. The van der Waals surface area contributed by atoms with E-state index in [9.17, 15) is 4.79 Å². The van der Waals surface area contributed by atoms with Gasteiger partial charge in [-0.25, -0.2) is 4.98 Å². The molecule has 2 aromatic heterocycles. The molecule has 5 heteroatoms. The number of hydrogen-bond donors (Lipinski definition) is 1. The molecule has 4 nitrogen and oxygen atoms in total. The van der Waals surface area contributed by atoms with Gasteiger partial charge in [-0.3, -0.25) is 9.36 Å². The molecule has 104 valence electrons. The summed E-state index contributed by atoms with van der Waals surface area (Å²) in [4.78, 5) is 16.6. The van der Waals surface area contributed by atoms with Crippen molar-refractivity contribution in [1.29, 1.82) is 0 Å². The van der Waals surface area contributed by atoms with E-state index in [0.29, 0.717) is 12.6 Å². The highest BCUT2D eigenvalue weighted by molar-refractivity contribution is 7.17. The number of aryl methyl sites for hydroxylation is 1. The molecule has 0 saturated carbocycles. The number of nitrogens with one attached hydrogen (secondary N) is 1. The lowest BCUT2D eigenvalue weighted by Gasteiger charge is -2.13. The van der Waals surface area contributed by atoms with E-state index >= 15 is 0 Å². The first-order valence-electron chi connectivity index (χ1n) is 6.80. The second-order valence-electron chi connectivity index (χ2n) is 4.98. The van der Waals surface area contributed by atoms with Crippen molar-refractivity contribution in [3.63, 3.8) is 0 Å². The van der Waals surface area contributed by atoms with E-state index in [4.69, 9.17) is 0 Å². The molecule has 0 amide bonds. The second-order valence-corrected chi connectivity index (χ2v) is 5.86. The minimum Gasteiger partial charge on any atom is -0.312 e. The lowest BCUT2D eigenvalue weighted by atomic mass is 10.2. The molecule has 0 fully saturated rings. The van der Waals surface area contributed by atoms with Crippen LogP contribution in [-0.2, 0) is 6.54 Å². The molecule has 0 radical (unpaired) electrons. The average Bonchev–Trinajstić information content (AvgIpc) is 2.75. The van der Waals surface area contributed by atoms with Crippen molar-refractivity contribution in [2.75, 3.05) is 6.54 Å². The molecule has 2 rings (SSSR count). The minimum absolute atomic E-state index is 0.0769. The Hall–Kier alpha value is -1.20. The zero-order valence-electron chi connectivity index (χ0n) is 11.8. The molecule has 1 unspecified atom stereocenters. The minimum atomic E-state index is 0.0769. The Bertz CT molecular complexity index is 602. The van der Waals surface area contributed by atoms with Gasteiger partial charge in [0, 0.05) is 19.1 Å². The lowest BCUT2D eigenvalue weighted by molar-refractivity contribution is 0.481. The number of aromatic nitrogens is 2. The van der Waals surface area contributed by atoms with Crippen LogP contribution in [0.5, 0.6) is 0 Å². The van der Waals surface area contributed by atoms with Gasteiger partial charge in [0.2, 0.25) is 0 Å². The third-order valence-electron chi connectivity index (χ3n) is 3.29. The smallest absolute Gasteiger partial charge is 0.271 e. The van der Waals surface area contributed by atoms with Crippen molar-refractivity contribution in [3.8, 4) is 0 Å². The molecule has 0 bridgehead atoms. The van der Waals surface area contributed by atoms with Gasteiger partial charge in [0.25, 0.3) is 5.56 Å². The molecule has 0 aromatic carbocycles. The Labute approximate surface area is 117 Å². The number of hydrogen-bond acceptors (Lipinski definition) is 4. The summed E-state index contributed by atoms with van der Waals surface area (Å²) < 4.78 is 2.46. The van der Waals surface area contributed by atoms with E-state index in [1.54, 1.807) is 10.9 Å². The van der Waals surface area contributed by atoms with Gasteiger partial charge in [-0.15, -0.1) is 11.3 Å². The van der Waals surface area contributed by atoms with Gasteiger partial charge in [0.1, 0.15) is 4.70 Å². The SMILES string of the molecule is CCCC(C)NCCn1cnc2c(C)csc2c1=O. The van der Waals surface area contributed by atoms with Crippen molar-refractivity contribution in [1.82, 2.24) is 14.9 Å². The maximum Gasteiger partial charge on any atom is 0.271 e. The highest BCUT2D eigenvalue weighted by Gasteiger charge is 2.08. The van der Waals surface area contributed by atoms with Crippen molar-refractivity contribution in [3.05, 3.63) is 27.6 Å². The predicted molar refractivity (Wildman–Crippen MR) is 81.0 cm³/mol. The number of rotatable bonds is 6. The van der Waals surface area contributed by atoms with Gasteiger partial charge in [-0.2, -0.15) is 0 Å². The fourth-order valence-corrected chi connectivity index (χ4v) is 3.14. The van der Waals surface area contributed by atoms with Crippen LogP contribution in [-0.4, -0.2) is 22.1 Å². The Kier molecular flexibility index (Phi) is 4.71. The molecule has 2 heterocycles. The number of fused-ring (bicyclic) bond motifs is 1. The summed E-state index contributed by atoms with van der Waals surface area (Å²) in [6, 6.07) is 0.501. The van der Waals surface area contributed by atoms with Crippen LogP contribution in [0.1, 0.15) is 32.3 Å². The molecule has 0 aliphatic rings. The van der Waals surface area contributed by atoms with Crippen LogP contribution in [0, 0.1) is 6.92 Å². The summed E-state index contributed by atoms with van der Waals surface area (Å²) in [6.07, 6.45) is 4.00. The molecule has 0 spiro atoms. The van der Waals surface area contributed by atoms with Crippen LogP contribution in [0.15, 0.2) is 16.5 Å². The van der Waals surface area contributed by atoms with E-state index in [1.807, 2.05) is 12.3 Å². The summed E-state index contributed by atoms with van der Waals surface area (Å²) >= 11 is 1.49. The quantitative estimate of drug-likeness (QED) is 0.884. The average molecular weight is 279 g/mol. The summed E-state index contributed by atoms with van der Waals surface area (Å²) in [7, 11) is 0. The molecular formula is C14H21N3OS. The molecule has 0 saturated heterocycles. The molecule has 1 atom stereocenters. The molecule has 0 aliphatic heterocycles. The van der Waals surface area contributed by atoms with Gasteiger partial charge < -0.3 is 5.32 Å². The zero-order valence-corrected chi connectivity index (χ0v) is 12.6. The summed E-state index contributed by atoms with van der Waals surface area (Å²) in [6.45, 7) is 7.82. The predicted octanol–water partition coefficient (Wildman–Crippen LogP) is 2.54. The standard InChI is InChI=1S/C14H21N3OS/c1-4-5-11(3)15-6-7-17-9-16-12-10(2)8-19-13(12)14(17)18/h8-9,11,15H,4-7H2,1-3H3. The fourth-order valence-electron chi connectivity index (χ4n) is 2.19. The Balaban J connectivity index is 2.05. The van der Waals surface area contributed by atoms with Gasteiger partial charge in [0.05, 0.1) is 11.8 Å². The van der Waals surface area contributed by atoms with Crippen LogP contribution in [0.4, 0.5) is 0 Å². The first kappa shape index (κ1) is 14.2. The van der Waals surface area contributed by atoms with Crippen molar-refractivity contribution in [2.24, 2.45) is 0 Å². The van der Waals surface area contributed by atoms with E-state index in [1.165, 1.54) is 17.8 Å². The first-order chi connectivity index (χ1) is 9.13. The molecule has 2 aromatic rings. The lowest BCUT2D eigenvalue weighted by Crippen LogP contribution is -2.32. The van der Waals surface area contributed by atoms with Gasteiger partial charge in [0.15, 0.2) is 0 Å². The first-order valence-corrected chi connectivity index (χ1v) is 7.68.